The molecule has 0 radical (unpaired) electrons. The van der Waals surface area contributed by atoms with Crippen molar-refractivity contribution >= 4 is 22.9 Å². The predicted octanol–water partition coefficient (Wildman–Crippen LogP) is -1.19. The second kappa shape index (κ2) is 6.15. The van der Waals surface area contributed by atoms with E-state index in [4.69, 9.17) is 5.11 Å². The third-order valence-corrected chi connectivity index (χ3v) is 3.28. The van der Waals surface area contributed by atoms with Crippen LogP contribution < -0.4 is 5.43 Å². The maximum atomic E-state index is 9.55. The van der Waals surface area contributed by atoms with Crippen molar-refractivity contribution in [1.82, 2.24) is 19.6 Å². The van der Waals surface area contributed by atoms with Gasteiger partial charge in [0.1, 0.15) is 35.4 Å². The quantitative estimate of drug-likeness (QED) is 0.386. The lowest BCUT2D eigenvalue weighted by atomic mass is 10.2. The van der Waals surface area contributed by atoms with Crippen molar-refractivity contribution in [2.45, 2.75) is 17.2 Å². The summed E-state index contributed by atoms with van der Waals surface area (Å²) in [5.41, 5.74) is 4.12. The number of hydrogen-bond donors (Lipinski definition) is 4. The molecule has 0 aliphatic carbocycles. The molecule has 2 atom stereocenters. The molecular formula is C10H15N5O3S. The number of aliphatic hydroxyl groups is 3. The molecular weight excluding hydrogens is 270 g/mol. The van der Waals surface area contributed by atoms with Gasteiger partial charge in [0.15, 0.2) is 5.65 Å². The summed E-state index contributed by atoms with van der Waals surface area (Å²) >= 11 is 1.47. The van der Waals surface area contributed by atoms with Crippen LogP contribution in [0.1, 0.15) is 0 Å². The highest BCUT2D eigenvalue weighted by Gasteiger charge is 2.16. The van der Waals surface area contributed by atoms with Gasteiger partial charge in [-0.2, -0.15) is 0 Å². The molecule has 0 bridgehead atoms. The summed E-state index contributed by atoms with van der Waals surface area (Å²) in [6.07, 6.45) is 2.60. The minimum Gasteiger partial charge on any atom is -0.394 e. The van der Waals surface area contributed by atoms with Gasteiger partial charge in [-0.15, -0.1) is 11.8 Å². The summed E-state index contributed by atoms with van der Waals surface area (Å²) in [5.74, 6) is 0. The number of rotatable bonds is 6. The van der Waals surface area contributed by atoms with Gasteiger partial charge in [0.2, 0.25) is 0 Å². The fourth-order valence-corrected chi connectivity index (χ4v) is 2.02. The van der Waals surface area contributed by atoms with Gasteiger partial charge >= 0.3 is 0 Å². The number of thioether (sulfide) groups is 1. The summed E-state index contributed by atoms with van der Waals surface area (Å²) in [6.45, 7) is -0.432. The average molecular weight is 285 g/mol. The average Bonchev–Trinajstić information content (AvgIpc) is 2.86. The molecule has 104 valence electrons. The van der Waals surface area contributed by atoms with E-state index >= 15 is 0 Å². The minimum absolute atomic E-state index is 0.0613. The Hall–Kier alpha value is -1.42. The van der Waals surface area contributed by atoms with E-state index in [0.29, 0.717) is 11.2 Å². The lowest BCUT2D eigenvalue weighted by Crippen LogP contribution is -2.37. The van der Waals surface area contributed by atoms with E-state index in [1.54, 1.807) is 4.68 Å². The molecule has 0 saturated heterocycles. The summed E-state index contributed by atoms with van der Waals surface area (Å²) in [7, 11) is 0. The maximum absolute atomic E-state index is 9.55. The first-order valence-electron chi connectivity index (χ1n) is 5.60. The number of hydrogen-bond acceptors (Lipinski definition) is 8. The van der Waals surface area contributed by atoms with Gasteiger partial charge in [0.05, 0.1) is 13.2 Å². The Morgan fingerprint density at radius 2 is 2.11 bits per heavy atom. The summed E-state index contributed by atoms with van der Waals surface area (Å²) in [6, 6.07) is 0. The molecule has 2 heterocycles. The van der Waals surface area contributed by atoms with Crippen molar-refractivity contribution in [1.29, 1.82) is 0 Å². The van der Waals surface area contributed by atoms with E-state index in [1.807, 2.05) is 6.26 Å². The molecule has 0 aliphatic heterocycles. The van der Waals surface area contributed by atoms with Crippen LogP contribution in [-0.2, 0) is 0 Å². The molecule has 4 N–H and O–H groups in total. The molecule has 0 spiro atoms. The first-order chi connectivity index (χ1) is 9.17. The summed E-state index contributed by atoms with van der Waals surface area (Å²) in [5, 5.41) is 28.3. The molecule has 8 nitrogen and oxygen atoms in total. The van der Waals surface area contributed by atoms with Gasteiger partial charge < -0.3 is 20.7 Å². The van der Waals surface area contributed by atoms with Crippen LogP contribution in [0.25, 0.3) is 11.2 Å². The normalized spacial score (nSPS) is 14.5. The standard InChI is InChI=1S/C10H15N5O3S/c1-19-10-8-9(11-4-12-10)15(5-13-8)14-2-6(17)7(18)3-16/h4-7,14,16-18H,2-3H2,1H3. The van der Waals surface area contributed by atoms with Gasteiger partial charge in [0.25, 0.3) is 0 Å². The van der Waals surface area contributed by atoms with Crippen molar-refractivity contribution in [2.75, 3.05) is 24.8 Å². The molecule has 0 aliphatic rings. The number of nitrogens with one attached hydrogen (secondary N) is 1. The smallest absolute Gasteiger partial charge is 0.183 e. The molecule has 2 aromatic heterocycles. The fourth-order valence-electron chi connectivity index (χ4n) is 1.53. The lowest BCUT2D eigenvalue weighted by molar-refractivity contribution is -0.00803. The van der Waals surface area contributed by atoms with Crippen LogP contribution >= 0.6 is 11.8 Å². The van der Waals surface area contributed by atoms with E-state index in [1.165, 1.54) is 24.4 Å². The van der Waals surface area contributed by atoms with E-state index in [9.17, 15) is 10.2 Å². The van der Waals surface area contributed by atoms with Crippen LogP contribution in [-0.4, -0.2) is 66.6 Å². The minimum atomic E-state index is -1.18. The highest BCUT2D eigenvalue weighted by Crippen LogP contribution is 2.19. The molecule has 19 heavy (non-hydrogen) atoms. The van der Waals surface area contributed by atoms with Gasteiger partial charge in [0, 0.05) is 0 Å². The van der Waals surface area contributed by atoms with Crippen LogP contribution in [0, 0.1) is 0 Å². The monoisotopic (exact) mass is 285 g/mol. The zero-order chi connectivity index (χ0) is 13.8. The number of aliphatic hydroxyl groups excluding tert-OH is 3. The largest absolute Gasteiger partial charge is 0.394 e. The molecule has 9 heteroatoms. The van der Waals surface area contributed by atoms with Crippen molar-refractivity contribution in [2.24, 2.45) is 0 Å². The topological polar surface area (TPSA) is 116 Å². The number of fused-ring (bicyclic) bond motifs is 1. The number of imidazole rings is 1. The van der Waals surface area contributed by atoms with Crippen LogP contribution in [0.4, 0.5) is 0 Å². The SMILES string of the molecule is CSc1ncnc2c1ncn2NCC(O)C(O)CO. The Bertz CT molecular complexity index is 549. The van der Waals surface area contributed by atoms with Crippen molar-refractivity contribution in [3.63, 3.8) is 0 Å². The van der Waals surface area contributed by atoms with Crippen LogP contribution in [0.15, 0.2) is 17.7 Å². The van der Waals surface area contributed by atoms with Crippen molar-refractivity contribution < 1.29 is 15.3 Å². The zero-order valence-electron chi connectivity index (χ0n) is 10.3. The van der Waals surface area contributed by atoms with E-state index < -0.39 is 18.8 Å². The van der Waals surface area contributed by atoms with Crippen LogP contribution in [0.3, 0.4) is 0 Å². The van der Waals surface area contributed by atoms with Gasteiger partial charge in [-0.1, -0.05) is 0 Å². The van der Waals surface area contributed by atoms with Gasteiger partial charge in [-0.3, -0.25) is 0 Å². The molecule has 0 amide bonds. The molecule has 2 unspecified atom stereocenters. The van der Waals surface area contributed by atoms with Crippen LogP contribution in [0.2, 0.25) is 0 Å². The number of nitrogens with zero attached hydrogens (tertiary/aromatic N) is 4. The Morgan fingerprint density at radius 1 is 1.32 bits per heavy atom. The Labute approximate surface area is 113 Å². The third-order valence-electron chi connectivity index (χ3n) is 2.60. The third kappa shape index (κ3) is 2.95. The predicted molar refractivity (Wildman–Crippen MR) is 70.4 cm³/mol. The zero-order valence-corrected chi connectivity index (χ0v) is 11.1. The van der Waals surface area contributed by atoms with Crippen molar-refractivity contribution in [3.05, 3.63) is 12.7 Å². The lowest BCUT2D eigenvalue weighted by Gasteiger charge is -2.17. The second-order valence-electron chi connectivity index (χ2n) is 3.85. The van der Waals surface area contributed by atoms with E-state index in [0.717, 1.165) is 5.03 Å². The first-order valence-corrected chi connectivity index (χ1v) is 6.82. The number of aromatic nitrogens is 4. The highest BCUT2D eigenvalue weighted by molar-refractivity contribution is 7.98. The second-order valence-corrected chi connectivity index (χ2v) is 4.64. The van der Waals surface area contributed by atoms with Crippen LogP contribution in [0.5, 0.6) is 0 Å². The Balaban J connectivity index is 2.14. The molecule has 2 rings (SSSR count). The maximum Gasteiger partial charge on any atom is 0.183 e. The molecule has 0 aromatic carbocycles. The Kier molecular flexibility index (Phi) is 4.53. The first kappa shape index (κ1) is 14.0. The molecule has 0 saturated carbocycles. The molecule has 2 aromatic rings. The molecule has 0 fully saturated rings. The summed E-state index contributed by atoms with van der Waals surface area (Å²) in [4.78, 5) is 12.4. The van der Waals surface area contributed by atoms with E-state index in [2.05, 4.69) is 20.4 Å². The highest BCUT2D eigenvalue weighted by atomic mass is 32.2. The van der Waals surface area contributed by atoms with Gasteiger partial charge in [-0.05, 0) is 6.26 Å². The van der Waals surface area contributed by atoms with Crippen molar-refractivity contribution in [3.8, 4) is 0 Å². The van der Waals surface area contributed by atoms with Gasteiger partial charge in [-0.25, -0.2) is 19.6 Å². The summed E-state index contributed by atoms with van der Waals surface area (Å²) < 4.78 is 1.55. The Morgan fingerprint density at radius 3 is 2.79 bits per heavy atom. The van der Waals surface area contributed by atoms with E-state index in [-0.39, 0.29) is 6.54 Å². The fraction of sp³-hybridized carbons (Fsp3) is 0.500.